The van der Waals surface area contributed by atoms with E-state index in [-0.39, 0.29) is 24.5 Å². The smallest absolute Gasteiger partial charge is 0.328 e. The van der Waals surface area contributed by atoms with E-state index >= 15 is 0 Å². The second-order valence-corrected chi connectivity index (χ2v) is 9.33. The van der Waals surface area contributed by atoms with Crippen molar-refractivity contribution in [3.8, 4) is 0 Å². The Morgan fingerprint density at radius 1 is 1.05 bits per heavy atom. The van der Waals surface area contributed by atoms with Crippen LogP contribution in [0.4, 0.5) is 5.82 Å². The van der Waals surface area contributed by atoms with Crippen LogP contribution in [0.2, 0.25) is 0 Å². The van der Waals surface area contributed by atoms with Crippen LogP contribution >= 0.6 is 0 Å². The third-order valence-corrected chi connectivity index (χ3v) is 6.23. The summed E-state index contributed by atoms with van der Waals surface area (Å²) in [4.78, 5) is 18.7. The van der Waals surface area contributed by atoms with Gasteiger partial charge in [-0.25, -0.2) is 9.79 Å². The molecular weight excluding hydrogens is 466 g/mol. The van der Waals surface area contributed by atoms with Crippen LogP contribution in [0.25, 0.3) is 11.4 Å². The lowest BCUT2D eigenvalue weighted by molar-refractivity contribution is -0.131. The maximum atomic E-state index is 11.6. The van der Waals surface area contributed by atoms with Crippen LogP contribution in [-0.2, 0) is 4.79 Å². The molecule has 0 aliphatic heterocycles. The number of hydrogen-bond donors (Lipinski definition) is 5. The van der Waals surface area contributed by atoms with E-state index in [9.17, 15) is 15.0 Å². The summed E-state index contributed by atoms with van der Waals surface area (Å²) in [6.45, 7) is 2.20. The lowest BCUT2D eigenvalue weighted by Crippen LogP contribution is -2.24. The van der Waals surface area contributed by atoms with Crippen molar-refractivity contribution in [2.75, 3.05) is 6.54 Å². The third-order valence-electron chi connectivity index (χ3n) is 6.23. The van der Waals surface area contributed by atoms with E-state index in [0.717, 1.165) is 56.6 Å². The number of aromatic amines is 1. The number of aromatic nitrogens is 1. The van der Waals surface area contributed by atoms with Crippen LogP contribution in [0.3, 0.4) is 0 Å². The van der Waals surface area contributed by atoms with Gasteiger partial charge >= 0.3 is 5.97 Å². The Labute approximate surface area is 220 Å². The van der Waals surface area contributed by atoms with E-state index in [1.807, 2.05) is 30.3 Å². The Balaban J connectivity index is 2.17. The van der Waals surface area contributed by atoms with Gasteiger partial charge in [0.05, 0.1) is 12.6 Å². The molecule has 8 heteroatoms. The normalized spacial score (nSPS) is 14.3. The number of guanidine groups is 1. The standard InChI is InChI=1S/C29H42N5O3/c1-2-3-12-25(35)13-7-11-23(16-15-22-9-5-4-6-10-22)17-18-26(34-27-14-8-19-32-27)24(20-28(36)37)21-33-29(30)31/h4-6,8-10,14-16,19-20,23,25-26,32,35H,2-3,7,11-13,17-18,21H2,1H3,(H,36,37)(H4,30,31,33)/q-1/b16-15+,24-20+/t23-,25+,26-/m1/s1. The summed E-state index contributed by atoms with van der Waals surface area (Å²) in [6, 6.07) is 13.4. The minimum absolute atomic E-state index is 0.0671. The Kier molecular flexibility index (Phi) is 13.7. The number of aliphatic imine (C=N–C) groups is 1. The molecule has 37 heavy (non-hydrogen) atoms. The van der Waals surface area contributed by atoms with Crippen LogP contribution in [0, 0.1) is 5.92 Å². The van der Waals surface area contributed by atoms with Gasteiger partial charge < -0.3 is 32.0 Å². The van der Waals surface area contributed by atoms with E-state index in [1.165, 1.54) is 0 Å². The average Bonchev–Trinajstić information content (AvgIpc) is 3.39. The number of nitrogens with one attached hydrogen (secondary N) is 1. The van der Waals surface area contributed by atoms with E-state index in [2.05, 4.69) is 41.2 Å². The van der Waals surface area contributed by atoms with E-state index < -0.39 is 12.0 Å². The maximum absolute atomic E-state index is 11.6. The number of H-pyrrole nitrogens is 1. The van der Waals surface area contributed by atoms with Crippen molar-refractivity contribution in [2.45, 2.75) is 70.4 Å². The molecule has 0 unspecified atom stereocenters. The fourth-order valence-corrected chi connectivity index (χ4v) is 4.21. The number of aliphatic hydroxyl groups excluding tert-OH is 1. The highest BCUT2D eigenvalue weighted by molar-refractivity contribution is 5.81. The predicted octanol–water partition coefficient (Wildman–Crippen LogP) is 5.50. The van der Waals surface area contributed by atoms with Crippen LogP contribution < -0.4 is 11.5 Å². The Bertz CT molecular complexity index is 982. The van der Waals surface area contributed by atoms with Crippen molar-refractivity contribution in [2.24, 2.45) is 22.4 Å². The maximum Gasteiger partial charge on any atom is 0.328 e. The van der Waals surface area contributed by atoms with Gasteiger partial charge in [0, 0.05) is 6.08 Å². The fourth-order valence-electron chi connectivity index (χ4n) is 4.21. The molecule has 0 amide bonds. The molecule has 1 heterocycles. The molecule has 3 atom stereocenters. The summed E-state index contributed by atoms with van der Waals surface area (Å²) >= 11 is 0. The molecule has 2 rings (SSSR count). The van der Waals surface area contributed by atoms with Crippen molar-refractivity contribution in [1.29, 1.82) is 0 Å². The number of benzene rings is 1. The number of hydrogen-bond acceptors (Lipinski definition) is 3. The van der Waals surface area contributed by atoms with Crippen molar-refractivity contribution >= 4 is 23.8 Å². The zero-order chi connectivity index (χ0) is 26.9. The van der Waals surface area contributed by atoms with Gasteiger partial charge in [-0.05, 0) is 55.2 Å². The second kappa shape index (κ2) is 17.0. The third kappa shape index (κ3) is 12.8. The molecular formula is C29H42N5O3-. The molecule has 0 saturated carbocycles. The lowest BCUT2D eigenvalue weighted by Gasteiger charge is -2.28. The van der Waals surface area contributed by atoms with Gasteiger partial charge in [-0.2, -0.15) is 0 Å². The average molecular weight is 509 g/mol. The molecule has 2 aromatic rings. The van der Waals surface area contributed by atoms with Gasteiger partial charge in [-0.3, -0.25) is 0 Å². The molecule has 202 valence electrons. The summed E-state index contributed by atoms with van der Waals surface area (Å²) < 4.78 is 0. The molecule has 0 aliphatic carbocycles. The predicted molar refractivity (Wildman–Crippen MR) is 152 cm³/mol. The first-order valence-corrected chi connectivity index (χ1v) is 13.1. The Morgan fingerprint density at radius 2 is 1.81 bits per heavy atom. The minimum atomic E-state index is -1.06. The molecule has 0 radical (unpaired) electrons. The number of aliphatic carboxylic acids is 1. The topological polar surface area (TPSA) is 152 Å². The molecule has 8 nitrogen and oxygen atoms in total. The van der Waals surface area contributed by atoms with Gasteiger partial charge in [-0.15, -0.1) is 0 Å². The van der Waals surface area contributed by atoms with Crippen LogP contribution in [0.1, 0.15) is 63.9 Å². The van der Waals surface area contributed by atoms with E-state index in [0.29, 0.717) is 17.8 Å². The summed E-state index contributed by atoms with van der Waals surface area (Å²) in [5, 5.41) is 24.5. The zero-order valence-electron chi connectivity index (χ0n) is 21.8. The fraction of sp³-hybridized carbons (Fsp3) is 0.448. The zero-order valence-corrected chi connectivity index (χ0v) is 21.8. The highest BCUT2D eigenvalue weighted by Gasteiger charge is 2.16. The molecule has 7 N–H and O–H groups in total. The number of carbonyl (C=O) groups is 1. The first kappa shape index (κ1) is 29.7. The highest BCUT2D eigenvalue weighted by Crippen LogP contribution is 2.30. The SMILES string of the molecule is CCCC[C@H](O)CCC[C@H](/C=C/c1ccccc1)CC[C@@H]([N-]c1ccc[nH]1)/C(=C/C(=O)O)CN=C(N)N. The Hall–Kier alpha value is -3.52. The molecule has 0 spiro atoms. The second-order valence-electron chi connectivity index (χ2n) is 9.33. The summed E-state index contributed by atoms with van der Waals surface area (Å²) in [5.74, 6) is -0.246. The monoisotopic (exact) mass is 508 g/mol. The number of unbranched alkanes of at least 4 members (excludes halogenated alkanes) is 1. The highest BCUT2D eigenvalue weighted by atomic mass is 16.4. The Morgan fingerprint density at radius 3 is 2.46 bits per heavy atom. The quantitative estimate of drug-likeness (QED) is 0.102. The van der Waals surface area contributed by atoms with Gasteiger partial charge in [0.2, 0.25) is 0 Å². The van der Waals surface area contributed by atoms with Crippen LogP contribution in [-0.4, -0.2) is 45.8 Å². The van der Waals surface area contributed by atoms with Gasteiger partial charge in [0.25, 0.3) is 0 Å². The number of nitrogens with two attached hydrogens (primary N) is 2. The van der Waals surface area contributed by atoms with Gasteiger partial charge in [0.1, 0.15) is 0 Å². The van der Waals surface area contributed by atoms with Crippen molar-refractivity contribution in [1.82, 2.24) is 4.98 Å². The van der Waals surface area contributed by atoms with E-state index in [1.54, 1.807) is 6.20 Å². The van der Waals surface area contributed by atoms with Gasteiger partial charge in [0.15, 0.2) is 5.96 Å². The number of rotatable bonds is 18. The molecule has 1 aromatic heterocycles. The first-order valence-electron chi connectivity index (χ1n) is 13.1. The summed E-state index contributed by atoms with van der Waals surface area (Å²) in [6.07, 6.45) is 14.0. The first-order chi connectivity index (χ1) is 17.9. The van der Waals surface area contributed by atoms with E-state index in [4.69, 9.17) is 16.8 Å². The number of carboxylic acid groups (broad SMARTS) is 1. The summed E-state index contributed by atoms with van der Waals surface area (Å²) in [7, 11) is 0. The van der Waals surface area contributed by atoms with Gasteiger partial charge in [-0.1, -0.05) is 92.8 Å². The number of nitrogens with zero attached hydrogens (tertiary/aromatic N) is 2. The van der Waals surface area contributed by atoms with Crippen molar-refractivity contribution in [3.63, 3.8) is 0 Å². The number of carboxylic acids is 1. The van der Waals surface area contributed by atoms with Crippen LogP contribution in [0.5, 0.6) is 0 Å². The van der Waals surface area contributed by atoms with Crippen molar-refractivity contribution in [3.05, 3.63) is 77.3 Å². The lowest BCUT2D eigenvalue weighted by atomic mass is 9.90. The minimum Gasteiger partial charge on any atom is -0.478 e. The molecule has 1 aromatic carbocycles. The molecule has 0 aliphatic rings. The number of allylic oxidation sites excluding steroid dienone is 1. The largest absolute Gasteiger partial charge is 0.478 e. The summed E-state index contributed by atoms with van der Waals surface area (Å²) in [5.41, 5.74) is 12.7. The molecule has 0 fully saturated rings. The van der Waals surface area contributed by atoms with Crippen LogP contribution in [0.15, 0.2) is 71.4 Å². The number of aliphatic hydroxyl groups is 1. The van der Waals surface area contributed by atoms with Crippen molar-refractivity contribution < 1.29 is 15.0 Å². The molecule has 0 bridgehead atoms. The molecule has 0 saturated heterocycles.